The van der Waals surface area contributed by atoms with Crippen molar-refractivity contribution in [3.63, 3.8) is 0 Å². The predicted octanol–water partition coefficient (Wildman–Crippen LogP) is 5.10. The van der Waals surface area contributed by atoms with Crippen molar-refractivity contribution < 1.29 is 9.53 Å². The van der Waals surface area contributed by atoms with Gasteiger partial charge in [0.15, 0.2) is 0 Å². The molecule has 1 amide bonds. The second-order valence-corrected chi connectivity index (χ2v) is 8.02. The third-order valence-electron chi connectivity index (χ3n) is 5.58. The highest BCUT2D eigenvalue weighted by Crippen LogP contribution is 2.23. The molecule has 0 aliphatic rings. The van der Waals surface area contributed by atoms with Gasteiger partial charge in [-0.3, -0.25) is 4.79 Å². The molecule has 1 aromatic heterocycles. The van der Waals surface area contributed by atoms with E-state index < -0.39 is 0 Å². The van der Waals surface area contributed by atoms with Crippen molar-refractivity contribution in [2.75, 3.05) is 13.2 Å². The van der Waals surface area contributed by atoms with E-state index in [0.717, 1.165) is 39.3 Å². The molecule has 5 heteroatoms. The summed E-state index contributed by atoms with van der Waals surface area (Å²) in [7, 11) is 0. The molecule has 168 valence electrons. The molecule has 1 heterocycles. The predicted molar refractivity (Wildman–Crippen MR) is 133 cm³/mol. The zero-order valence-corrected chi connectivity index (χ0v) is 19.1. The highest BCUT2D eigenvalue weighted by Gasteiger charge is 2.11. The maximum Gasteiger partial charge on any atom is 0.244 e. The number of hydrogen-bond donors (Lipinski definition) is 1. The Kier molecular flexibility index (Phi) is 7.20. The van der Waals surface area contributed by atoms with E-state index >= 15 is 0 Å². The van der Waals surface area contributed by atoms with Gasteiger partial charge in [0.1, 0.15) is 18.2 Å². The highest BCUT2D eigenvalue weighted by atomic mass is 16.5. The van der Waals surface area contributed by atoms with E-state index in [1.165, 1.54) is 0 Å². The van der Waals surface area contributed by atoms with Crippen molar-refractivity contribution in [3.05, 3.63) is 101 Å². The van der Waals surface area contributed by atoms with E-state index in [-0.39, 0.29) is 5.91 Å². The lowest BCUT2D eigenvalue weighted by Gasteiger charge is -2.14. The minimum absolute atomic E-state index is 0.111. The summed E-state index contributed by atoms with van der Waals surface area (Å²) < 4.78 is 8.32. The molecule has 0 atom stereocenters. The number of aromatic nitrogens is 2. The first kappa shape index (κ1) is 22.3. The van der Waals surface area contributed by atoms with Crippen LogP contribution in [0.3, 0.4) is 0 Å². The average molecular weight is 440 g/mol. The molecule has 0 unspecified atom stereocenters. The number of ether oxygens (including phenoxy) is 1. The second-order valence-electron chi connectivity index (χ2n) is 8.02. The quantitative estimate of drug-likeness (QED) is 0.369. The number of fused-ring (bicyclic) bond motifs is 1. The summed E-state index contributed by atoms with van der Waals surface area (Å²) in [6.45, 7) is 5.88. The van der Waals surface area contributed by atoms with Crippen LogP contribution in [0.2, 0.25) is 0 Å². The lowest BCUT2D eigenvalue weighted by atomic mass is 10.1. The van der Waals surface area contributed by atoms with Gasteiger partial charge in [-0.1, -0.05) is 60.7 Å². The molecule has 4 aromatic rings. The molecule has 0 aliphatic heterocycles. The van der Waals surface area contributed by atoms with E-state index in [0.29, 0.717) is 26.1 Å². The zero-order chi connectivity index (χ0) is 23.0. The van der Waals surface area contributed by atoms with Crippen molar-refractivity contribution in [2.24, 2.45) is 0 Å². The molecule has 0 bridgehead atoms. The van der Waals surface area contributed by atoms with Crippen LogP contribution in [-0.2, 0) is 17.8 Å². The molecule has 0 fully saturated rings. The van der Waals surface area contributed by atoms with E-state index in [1.54, 1.807) is 6.08 Å². The van der Waals surface area contributed by atoms with E-state index in [2.05, 4.69) is 41.9 Å². The average Bonchev–Trinajstić information content (AvgIpc) is 3.17. The molecule has 33 heavy (non-hydrogen) atoms. The number of para-hydroxylation sites is 3. The van der Waals surface area contributed by atoms with Gasteiger partial charge in [0.2, 0.25) is 5.91 Å². The van der Waals surface area contributed by atoms with Crippen LogP contribution in [0.4, 0.5) is 0 Å². The molecular formula is C28H29N3O2. The van der Waals surface area contributed by atoms with Crippen LogP contribution in [-0.4, -0.2) is 28.6 Å². The maximum atomic E-state index is 12.2. The monoisotopic (exact) mass is 439 g/mol. The van der Waals surface area contributed by atoms with E-state index in [9.17, 15) is 4.79 Å². The Labute approximate surface area is 194 Å². The first-order valence-corrected chi connectivity index (χ1v) is 11.3. The van der Waals surface area contributed by atoms with Crippen LogP contribution >= 0.6 is 0 Å². The van der Waals surface area contributed by atoms with Crippen molar-refractivity contribution in [2.45, 2.75) is 26.8 Å². The summed E-state index contributed by atoms with van der Waals surface area (Å²) in [5.74, 6) is 1.77. The number of carbonyl (C=O) groups is 1. The minimum Gasteiger partial charge on any atom is -0.491 e. The molecule has 4 rings (SSSR count). The van der Waals surface area contributed by atoms with Crippen molar-refractivity contribution in [3.8, 4) is 5.75 Å². The molecule has 0 saturated heterocycles. The number of amides is 1. The molecule has 0 saturated carbocycles. The number of benzene rings is 3. The number of aryl methyl sites for hydroxylation is 2. The molecule has 0 aliphatic carbocycles. The Morgan fingerprint density at radius 3 is 2.48 bits per heavy atom. The third kappa shape index (κ3) is 5.69. The molecular weight excluding hydrogens is 410 g/mol. The SMILES string of the molecule is Cc1cccc(C)c1OCCn1c(CCNC(=O)/C=C/c2ccccc2)nc2ccccc21. The van der Waals surface area contributed by atoms with Gasteiger partial charge in [0, 0.05) is 19.0 Å². The van der Waals surface area contributed by atoms with Crippen LogP contribution in [0.1, 0.15) is 22.5 Å². The Morgan fingerprint density at radius 1 is 0.970 bits per heavy atom. The normalized spacial score (nSPS) is 11.2. The summed E-state index contributed by atoms with van der Waals surface area (Å²) in [6, 6.07) is 24.1. The Hall–Kier alpha value is -3.86. The van der Waals surface area contributed by atoms with Crippen LogP contribution in [0, 0.1) is 13.8 Å². The van der Waals surface area contributed by atoms with Gasteiger partial charge >= 0.3 is 0 Å². The molecule has 3 aromatic carbocycles. The summed E-state index contributed by atoms with van der Waals surface area (Å²) in [5, 5.41) is 2.96. The first-order valence-electron chi connectivity index (χ1n) is 11.3. The van der Waals surface area contributed by atoms with Crippen molar-refractivity contribution in [1.82, 2.24) is 14.9 Å². The van der Waals surface area contributed by atoms with Crippen molar-refractivity contribution >= 4 is 23.0 Å². The van der Waals surface area contributed by atoms with Gasteiger partial charge in [0.05, 0.1) is 17.6 Å². The maximum absolute atomic E-state index is 12.2. The minimum atomic E-state index is -0.111. The van der Waals surface area contributed by atoms with Crippen LogP contribution < -0.4 is 10.1 Å². The molecule has 5 nitrogen and oxygen atoms in total. The Morgan fingerprint density at radius 2 is 1.70 bits per heavy atom. The smallest absolute Gasteiger partial charge is 0.244 e. The number of hydrogen-bond acceptors (Lipinski definition) is 3. The molecule has 0 radical (unpaired) electrons. The summed E-state index contributed by atoms with van der Waals surface area (Å²) >= 11 is 0. The fourth-order valence-electron chi connectivity index (χ4n) is 3.92. The van der Waals surface area contributed by atoms with Crippen LogP contribution in [0.15, 0.2) is 78.9 Å². The van der Waals surface area contributed by atoms with Gasteiger partial charge in [0.25, 0.3) is 0 Å². The van der Waals surface area contributed by atoms with Gasteiger partial charge in [-0.05, 0) is 48.7 Å². The second kappa shape index (κ2) is 10.6. The summed E-state index contributed by atoms with van der Waals surface area (Å²) in [4.78, 5) is 17.0. The summed E-state index contributed by atoms with van der Waals surface area (Å²) in [6.07, 6.45) is 4.02. The number of rotatable bonds is 9. The first-order chi connectivity index (χ1) is 16.1. The van der Waals surface area contributed by atoms with Gasteiger partial charge in [-0.2, -0.15) is 0 Å². The van der Waals surface area contributed by atoms with Crippen LogP contribution in [0.25, 0.3) is 17.1 Å². The fourth-order valence-corrected chi connectivity index (χ4v) is 3.92. The number of nitrogens with one attached hydrogen (secondary N) is 1. The topological polar surface area (TPSA) is 56.1 Å². The van der Waals surface area contributed by atoms with E-state index in [1.807, 2.05) is 60.7 Å². The number of imidazole rings is 1. The fraction of sp³-hybridized carbons (Fsp3) is 0.214. The zero-order valence-electron chi connectivity index (χ0n) is 19.1. The Bertz CT molecular complexity index is 1240. The molecule has 0 spiro atoms. The van der Waals surface area contributed by atoms with Gasteiger partial charge in [-0.15, -0.1) is 0 Å². The largest absolute Gasteiger partial charge is 0.491 e. The Balaban J connectivity index is 1.39. The lowest BCUT2D eigenvalue weighted by Crippen LogP contribution is -2.25. The van der Waals surface area contributed by atoms with Crippen LogP contribution in [0.5, 0.6) is 5.75 Å². The number of carbonyl (C=O) groups excluding carboxylic acids is 1. The van der Waals surface area contributed by atoms with Gasteiger partial charge < -0.3 is 14.6 Å². The molecule has 1 N–H and O–H groups in total. The van der Waals surface area contributed by atoms with Gasteiger partial charge in [-0.25, -0.2) is 4.98 Å². The number of nitrogens with zero attached hydrogens (tertiary/aromatic N) is 2. The standard InChI is InChI=1S/C28H29N3O2/c1-21-9-8-10-22(2)28(21)33-20-19-31-25-14-7-6-13-24(25)30-26(31)17-18-29-27(32)16-15-23-11-4-3-5-12-23/h3-16H,17-20H2,1-2H3,(H,29,32)/b16-15+. The lowest BCUT2D eigenvalue weighted by molar-refractivity contribution is -0.116. The van der Waals surface area contributed by atoms with E-state index in [4.69, 9.17) is 9.72 Å². The third-order valence-corrected chi connectivity index (χ3v) is 5.58. The highest BCUT2D eigenvalue weighted by molar-refractivity contribution is 5.91. The summed E-state index contributed by atoms with van der Waals surface area (Å²) in [5.41, 5.74) is 5.30. The van der Waals surface area contributed by atoms with Crippen molar-refractivity contribution in [1.29, 1.82) is 0 Å².